The van der Waals surface area contributed by atoms with Crippen molar-refractivity contribution in [3.05, 3.63) is 34.9 Å². The van der Waals surface area contributed by atoms with Crippen molar-refractivity contribution in [2.45, 2.75) is 25.4 Å². The molecule has 0 aliphatic heterocycles. The van der Waals surface area contributed by atoms with Gasteiger partial charge in [0.05, 0.1) is 5.56 Å². The van der Waals surface area contributed by atoms with Crippen LogP contribution in [0.1, 0.15) is 23.1 Å². The molecule has 0 bridgehead atoms. The number of rotatable bonds is 3. The molecule has 2 N–H and O–H groups in total. The second-order valence-corrected chi connectivity index (χ2v) is 3.77. The minimum atomic E-state index is -4.63. The summed E-state index contributed by atoms with van der Waals surface area (Å²) in [4.78, 5) is 0. The first-order valence-electron chi connectivity index (χ1n) is 4.94. The normalized spacial score (nSPS) is 12.9. The molecule has 0 heterocycles. The van der Waals surface area contributed by atoms with Crippen LogP contribution in [0.5, 0.6) is 0 Å². The molecular weight excluding hydrogens is 241 g/mol. The third-order valence-corrected chi connectivity index (χ3v) is 2.42. The molecule has 0 amide bonds. The van der Waals surface area contributed by atoms with Gasteiger partial charge in [-0.1, -0.05) is 12.1 Å². The van der Waals surface area contributed by atoms with Gasteiger partial charge in [0.25, 0.3) is 5.92 Å². The third kappa shape index (κ3) is 3.15. The van der Waals surface area contributed by atoms with Crippen molar-refractivity contribution in [2.75, 3.05) is 6.54 Å². The van der Waals surface area contributed by atoms with E-state index in [0.29, 0.717) is 6.07 Å². The molecular formula is C11H12F5N. The number of hydrogen-bond acceptors (Lipinski definition) is 1. The third-order valence-electron chi connectivity index (χ3n) is 2.42. The quantitative estimate of drug-likeness (QED) is 0.820. The van der Waals surface area contributed by atoms with Crippen LogP contribution in [0.25, 0.3) is 0 Å². The molecule has 0 fully saturated rings. The number of aryl methyl sites for hydroxylation is 1. The molecule has 0 unspecified atom stereocenters. The van der Waals surface area contributed by atoms with Crippen LogP contribution in [-0.4, -0.2) is 6.54 Å². The Kier molecular flexibility index (Phi) is 3.76. The van der Waals surface area contributed by atoms with Gasteiger partial charge in [-0.3, -0.25) is 0 Å². The van der Waals surface area contributed by atoms with Gasteiger partial charge in [-0.2, -0.15) is 13.2 Å². The Hall–Kier alpha value is -1.17. The highest BCUT2D eigenvalue weighted by Crippen LogP contribution is 2.37. The van der Waals surface area contributed by atoms with Crippen molar-refractivity contribution in [1.29, 1.82) is 0 Å². The van der Waals surface area contributed by atoms with Crippen molar-refractivity contribution >= 4 is 0 Å². The molecule has 1 aromatic carbocycles. The van der Waals surface area contributed by atoms with Gasteiger partial charge in [0.1, 0.15) is 0 Å². The first kappa shape index (κ1) is 13.9. The number of halogens is 5. The zero-order chi connectivity index (χ0) is 13.3. The molecule has 96 valence electrons. The molecule has 0 aliphatic rings. The van der Waals surface area contributed by atoms with E-state index < -0.39 is 29.6 Å². The predicted octanol–water partition coefficient (Wildman–Crippen LogP) is 3.45. The molecule has 1 aromatic rings. The fourth-order valence-electron chi connectivity index (χ4n) is 1.48. The Morgan fingerprint density at radius 2 is 1.71 bits per heavy atom. The van der Waals surface area contributed by atoms with Crippen molar-refractivity contribution in [1.82, 2.24) is 0 Å². The van der Waals surface area contributed by atoms with Gasteiger partial charge in [-0.05, 0) is 25.1 Å². The van der Waals surface area contributed by atoms with Gasteiger partial charge in [-0.25, -0.2) is 8.78 Å². The maximum absolute atomic E-state index is 13.4. The topological polar surface area (TPSA) is 26.0 Å². The highest BCUT2D eigenvalue weighted by atomic mass is 19.4. The maximum Gasteiger partial charge on any atom is 0.416 e. The highest BCUT2D eigenvalue weighted by molar-refractivity contribution is 5.35. The standard InChI is InChI=1S/C11H12F5N/c1-7-2-3-8(10(12,13)4-5-17)6-9(7)11(14,15)16/h2-3,6H,4-5,17H2,1H3. The lowest BCUT2D eigenvalue weighted by Gasteiger charge is -2.18. The van der Waals surface area contributed by atoms with Gasteiger partial charge in [0.2, 0.25) is 0 Å². The summed E-state index contributed by atoms with van der Waals surface area (Å²) in [5, 5.41) is 0. The lowest BCUT2D eigenvalue weighted by molar-refractivity contribution is -0.138. The minimum absolute atomic E-state index is 0.0789. The van der Waals surface area contributed by atoms with Crippen LogP contribution in [0.2, 0.25) is 0 Å². The number of nitrogens with two attached hydrogens (primary N) is 1. The molecule has 1 nitrogen and oxygen atoms in total. The molecule has 6 heteroatoms. The van der Waals surface area contributed by atoms with Gasteiger partial charge >= 0.3 is 6.18 Å². The van der Waals surface area contributed by atoms with Crippen LogP contribution in [0.3, 0.4) is 0 Å². The fraction of sp³-hybridized carbons (Fsp3) is 0.455. The van der Waals surface area contributed by atoms with Crippen LogP contribution in [-0.2, 0) is 12.1 Å². The summed E-state index contributed by atoms with van der Waals surface area (Å²) < 4.78 is 64.4. The Morgan fingerprint density at radius 1 is 1.12 bits per heavy atom. The summed E-state index contributed by atoms with van der Waals surface area (Å²) in [6, 6.07) is 2.54. The van der Waals surface area contributed by atoms with E-state index >= 15 is 0 Å². The maximum atomic E-state index is 13.4. The molecule has 0 spiro atoms. The van der Waals surface area contributed by atoms with E-state index in [4.69, 9.17) is 5.73 Å². The van der Waals surface area contributed by atoms with E-state index in [1.165, 1.54) is 6.92 Å². The Bertz CT molecular complexity index is 397. The van der Waals surface area contributed by atoms with E-state index in [1.807, 2.05) is 0 Å². The van der Waals surface area contributed by atoms with Crippen molar-refractivity contribution < 1.29 is 22.0 Å². The SMILES string of the molecule is Cc1ccc(C(F)(F)CCN)cc1C(F)(F)F. The van der Waals surface area contributed by atoms with Gasteiger partial charge < -0.3 is 5.73 Å². The van der Waals surface area contributed by atoms with E-state index in [1.54, 1.807) is 0 Å². The highest BCUT2D eigenvalue weighted by Gasteiger charge is 2.36. The monoisotopic (exact) mass is 253 g/mol. The summed E-state index contributed by atoms with van der Waals surface area (Å²) in [5.41, 5.74) is 3.24. The lowest BCUT2D eigenvalue weighted by atomic mass is 9.99. The molecule has 0 atom stereocenters. The first-order valence-corrected chi connectivity index (χ1v) is 4.94. The summed E-state index contributed by atoms with van der Waals surface area (Å²) in [6.07, 6.45) is -5.30. The smallest absolute Gasteiger partial charge is 0.330 e. The number of benzene rings is 1. The average molecular weight is 253 g/mol. The zero-order valence-electron chi connectivity index (χ0n) is 9.11. The Labute approximate surface area is 95.4 Å². The second kappa shape index (κ2) is 4.60. The van der Waals surface area contributed by atoms with Crippen LogP contribution in [0.15, 0.2) is 18.2 Å². The summed E-state index contributed by atoms with van der Waals surface area (Å²) in [7, 11) is 0. The molecule has 0 saturated heterocycles. The predicted molar refractivity (Wildman–Crippen MR) is 53.7 cm³/mol. The lowest BCUT2D eigenvalue weighted by Crippen LogP contribution is -2.20. The zero-order valence-corrected chi connectivity index (χ0v) is 9.11. The molecule has 0 aliphatic carbocycles. The molecule has 17 heavy (non-hydrogen) atoms. The molecule has 0 saturated carbocycles. The second-order valence-electron chi connectivity index (χ2n) is 3.77. The van der Waals surface area contributed by atoms with Gasteiger partial charge in [0, 0.05) is 12.0 Å². The number of hydrogen-bond donors (Lipinski definition) is 1. The fourth-order valence-corrected chi connectivity index (χ4v) is 1.48. The Balaban J connectivity index is 3.22. The van der Waals surface area contributed by atoms with E-state index in [2.05, 4.69) is 0 Å². The molecule has 0 radical (unpaired) electrons. The van der Waals surface area contributed by atoms with Gasteiger partial charge in [-0.15, -0.1) is 0 Å². The van der Waals surface area contributed by atoms with Crippen molar-refractivity contribution in [2.24, 2.45) is 5.73 Å². The molecule has 1 rings (SSSR count). The minimum Gasteiger partial charge on any atom is -0.330 e. The van der Waals surface area contributed by atoms with Crippen LogP contribution >= 0.6 is 0 Å². The largest absolute Gasteiger partial charge is 0.416 e. The molecule has 0 aromatic heterocycles. The summed E-state index contributed by atoms with van der Waals surface area (Å²) in [6.45, 7) is 0.940. The number of alkyl halides is 5. The van der Waals surface area contributed by atoms with Crippen LogP contribution in [0.4, 0.5) is 22.0 Å². The van der Waals surface area contributed by atoms with E-state index in [9.17, 15) is 22.0 Å². The first-order chi connectivity index (χ1) is 7.68. The van der Waals surface area contributed by atoms with Crippen LogP contribution < -0.4 is 5.73 Å². The van der Waals surface area contributed by atoms with E-state index in [0.717, 1.165) is 12.1 Å². The van der Waals surface area contributed by atoms with Crippen LogP contribution in [0, 0.1) is 6.92 Å². The van der Waals surface area contributed by atoms with E-state index in [-0.39, 0.29) is 12.1 Å². The van der Waals surface area contributed by atoms with Crippen molar-refractivity contribution in [3.8, 4) is 0 Å². The van der Waals surface area contributed by atoms with Crippen molar-refractivity contribution in [3.63, 3.8) is 0 Å². The summed E-state index contributed by atoms with van der Waals surface area (Å²) in [5.74, 6) is -3.33. The van der Waals surface area contributed by atoms with Gasteiger partial charge in [0.15, 0.2) is 0 Å². The average Bonchev–Trinajstić information content (AvgIpc) is 2.15. The Morgan fingerprint density at radius 3 is 2.18 bits per heavy atom. The summed E-state index contributed by atoms with van der Waals surface area (Å²) >= 11 is 0.